The molecule has 1 aliphatic heterocycles. The van der Waals surface area contributed by atoms with Gasteiger partial charge in [-0.05, 0) is 6.42 Å². The highest BCUT2D eigenvalue weighted by Gasteiger charge is 2.18. The van der Waals surface area contributed by atoms with Crippen LogP contribution in [0, 0.1) is 0 Å². The molecule has 1 aromatic heterocycles. The number of nitrogen functional groups attached to an aromatic ring is 1. The van der Waals surface area contributed by atoms with Crippen LogP contribution in [0.3, 0.4) is 0 Å². The summed E-state index contributed by atoms with van der Waals surface area (Å²) in [6.07, 6.45) is 5.61. The molecule has 1 aliphatic rings. The lowest BCUT2D eigenvalue weighted by Crippen LogP contribution is -2.24. The van der Waals surface area contributed by atoms with Crippen LogP contribution in [0.15, 0.2) is 9.79 Å². The molecule has 0 aliphatic carbocycles. The zero-order valence-corrected chi connectivity index (χ0v) is 9.94. The van der Waals surface area contributed by atoms with Crippen LogP contribution in [0.5, 0.6) is 0 Å². The first-order chi connectivity index (χ1) is 8.27. The van der Waals surface area contributed by atoms with E-state index >= 15 is 0 Å². The van der Waals surface area contributed by atoms with Crippen molar-refractivity contribution in [2.75, 3.05) is 5.43 Å². The number of hydrazine groups is 1. The fourth-order valence-electron chi connectivity index (χ4n) is 1.97. The third-order valence-electron chi connectivity index (χ3n) is 2.87. The second-order valence-electron chi connectivity index (χ2n) is 4.06. The minimum absolute atomic E-state index is 0.239. The Morgan fingerprint density at radius 2 is 2.35 bits per heavy atom. The van der Waals surface area contributed by atoms with Crippen molar-refractivity contribution >= 4 is 18.0 Å². The van der Waals surface area contributed by atoms with E-state index in [0.29, 0.717) is 23.8 Å². The van der Waals surface area contributed by atoms with Crippen molar-refractivity contribution in [3.05, 3.63) is 15.9 Å². The number of aliphatic imine (C=N–C) groups is 1. The number of nitrogens with two attached hydrogens (primary N) is 1. The van der Waals surface area contributed by atoms with E-state index in [4.69, 9.17) is 5.84 Å². The number of unbranched alkanes of at least 4 members (excludes halogenated alkanes) is 2. The average molecular weight is 235 g/mol. The van der Waals surface area contributed by atoms with Gasteiger partial charge in [-0.25, -0.2) is 10.8 Å². The van der Waals surface area contributed by atoms with E-state index in [2.05, 4.69) is 22.3 Å². The van der Waals surface area contributed by atoms with Gasteiger partial charge in [0.25, 0.3) is 5.56 Å². The van der Waals surface area contributed by atoms with E-state index in [0.717, 1.165) is 25.8 Å². The third-order valence-corrected chi connectivity index (χ3v) is 2.87. The largest absolute Gasteiger partial charge is 0.295 e. The normalized spacial score (nSPS) is 12.8. The number of rotatable bonds is 5. The lowest BCUT2D eigenvalue weighted by Gasteiger charge is -2.14. The molecule has 0 fully saturated rings. The number of anilines is 1. The predicted molar refractivity (Wildman–Crippen MR) is 67.7 cm³/mol. The molecule has 2 heterocycles. The molecular weight excluding hydrogens is 218 g/mol. The topological polar surface area (TPSA) is 85.3 Å². The van der Waals surface area contributed by atoms with Crippen LogP contribution in [0.4, 0.5) is 11.8 Å². The first-order valence-electron chi connectivity index (χ1n) is 5.90. The summed E-state index contributed by atoms with van der Waals surface area (Å²) in [6, 6.07) is 0. The highest BCUT2D eigenvalue weighted by molar-refractivity contribution is 5.74. The molecule has 0 amide bonds. The van der Waals surface area contributed by atoms with Gasteiger partial charge >= 0.3 is 0 Å². The Labute approximate surface area is 99.5 Å². The number of nitrogens with zero attached hydrogens (tertiary/aromatic N) is 3. The van der Waals surface area contributed by atoms with Crippen molar-refractivity contribution in [2.45, 2.75) is 39.2 Å². The summed E-state index contributed by atoms with van der Waals surface area (Å²) >= 11 is 0. The van der Waals surface area contributed by atoms with Crippen LogP contribution in [-0.2, 0) is 13.0 Å². The highest BCUT2D eigenvalue weighted by atomic mass is 16.1. The number of hydrogen-bond donors (Lipinski definition) is 2. The van der Waals surface area contributed by atoms with E-state index in [9.17, 15) is 4.79 Å². The average Bonchev–Trinajstić information content (AvgIpc) is 2.81. The molecule has 0 saturated heterocycles. The second-order valence-corrected chi connectivity index (χ2v) is 4.06. The van der Waals surface area contributed by atoms with E-state index in [1.54, 1.807) is 6.21 Å². The number of fused-ring (bicyclic) bond motifs is 1. The zero-order chi connectivity index (χ0) is 12.3. The first kappa shape index (κ1) is 11.8. The third kappa shape index (κ3) is 2.21. The van der Waals surface area contributed by atoms with Gasteiger partial charge in [0.15, 0.2) is 0 Å². The fourth-order valence-corrected chi connectivity index (χ4v) is 1.97. The van der Waals surface area contributed by atoms with E-state index in [1.807, 2.05) is 4.57 Å². The van der Waals surface area contributed by atoms with Crippen LogP contribution in [0.2, 0.25) is 0 Å². The molecule has 0 unspecified atom stereocenters. The molecule has 92 valence electrons. The Hall–Kier alpha value is -1.69. The molecular formula is C11H17N5O. The molecule has 1 aromatic rings. The number of hydrogen-bond acceptors (Lipinski definition) is 5. The molecule has 0 spiro atoms. The molecule has 0 atom stereocenters. The molecule has 2 rings (SSSR count). The summed E-state index contributed by atoms with van der Waals surface area (Å²) in [5.41, 5.74) is 2.90. The Morgan fingerprint density at radius 3 is 3.06 bits per heavy atom. The van der Waals surface area contributed by atoms with Crippen LogP contribution in [-0.4, -0.2) is 15.8 Å². The van der Waals surface area contributed by atoms with Crippen molar-refractivity contribution in [3.63, 3.8) is 0 Å². The van der Waals surface area contributed by atoms with Gasteiger partial charge in [-0.2, -0.15) is 4.98 Å². The maximum atomic E-state index is 11.7. The van der Waals surface area contributed by atoms with Gasteiger partial charge in [-0.1, -0.05) is 19.8 Å². The van der Waals surface area contributed by atoms with E-state index in [1.165, 1.54) is 0 Å². The number of nitrogens with one attached hydrogen (secondary N) is 1. The van der Waals surface area contributed by atoms with Crippen LogP contribution < -0.4 is 16.8 Å². The predicted octanol–water partition coefficient (Wildman–Crippen LogP) is 0.977. The van der Waals surface area contributed by atoms with Gasteiger partial charge in [0.2, 0.25) is 5.95 Å². The van der Waals surface area contributed by atoms with Crippen molar-refractivity contribution in [1.82, 2.24) is 9.55 Å². The summed E-state index contributed by atoms with van der Waals surface area (Å²) in [6.45, 7) is 2.93. The molecule has 0 bridgehead atoms. The minimum Gasteiger partial charge on any atom is -0.295 e. The number of aromatic nitrogens is 2. The van der Waals surface area contributed by atoms with Gasteiger partial charge in [0.05, 0.1) is 5.56 Å². The van der Waals surface area contributed by atoms with Crippen molar-refractivity contribution in [2.24, 2.45) is 10.8 Å². The van der Waals surface area contributed by atoms with Gasteiger partial charge < -0.3 is 0 Å². The SMILES string of the molecule is CCCCCn1c(NN)nc(=O)c2c1N=CC2. The van der Waals surface area contributed by atoms with Gasteiger partial charge in [0.1, 0.15) is 5.82 Å². The lowest BCUT2D eigenvalue weighted by molar-refractivity contribution is 0.598. The summed E-state index contributed by atoms with van der Waals surface area (Å²) in [7, 11) is 0. The molecule has 6 heteroatoms. The summed E-state index contributed by atoms with van der Waals surface area (Å²) in [5, 5.41) is 0. The zero-order valence-electron chi connectivity index (χ0n) is 9.94. The molecule has 0 radical (unpaired) electrons. The van der Waals surface area contributed by atoms with Crippen molar-refractivity contribution in [1.29, 1.82) is 0 Å². The maximum Gasteiger partial charge on any atom is 0.280 e. The van der Waals surface area contributed by atoms with Gasteiger partial charge in [-0.15, -0.1) is 0 Å². The van der Waals surface area contributed by atoms with Crippen molar-refractivity contribution in [3.8, 4) is 0 Å². The summed E-state index contributed by atoms with van der Waals surface area (Å²) in [5.74, 6) is 6.49. The molecule has 0 aromatic carbocycles. The Morgan fingerprint density at radius 1 is 1.53 bits per heavy atom. The molecule has 3 N–H and O–H groups in total. The van der Waals surface area contributed by atoms with E-state index in [-0.39, 0.29) is 5.56 Å². The quantitative estimate of drug-likeness (QED) is 0.452. The van der Waals surface area contributed by atoms with Crippen LogP contribution in [0.25, 0.3) is 0 Å². The molecule has 6 nitrogen and oxygen atoms in total. The van der Waals surface area contributed by atoms with Crippen LogP contribution >= 0.6 is 0 Å². The Kier molecular flexibility index (Phi) is 3.53. The molecule has 17 heavy (non-hydrogen) atoms. The lowest BCUT2D eigenvalue weighted by atomic mass is 10.2. The van der Waals surface area contributed by atoms with Gasteiger partial charge in [-0.3, -0.25) is 14.8 Å². The summed E-state index contributed by atoms with van der Waals surface area (Å²) in [4.78, 5) is 19.9. The Balaban J connectivity index is 2.37. The minimum atomic E-state index is -0.239. The molecule has 0 saturated carbocycles. The van der Waals surface area contributed by atoms with Gasteiger partial charge in [0, 0.05) is 19.2 Å². The highest BCUT2D eigenvalue weighted by Crippen LogP contribution is 2.24. The Bertz CT molecular complexity index is 491. The monoisotopic (exact) mass is 235 g/mol. The van der Waals surface area contributed by atoms with Crippen molar-refractivity contribution < 1.29 is 0 Å². The van der Waals surface area contributed by atoms with E-state index < -0.39 is 0 Å². The second kappa shape index (κ2) is 5.09. The smallest absolute Gasteiger partial charge is 0.280 e. The fraction of sp³-hybridized carbons (Fsp3) is 0.545. The summed E-state index contributed by atoms with van der Waals surface area (Å²) < 4.78 is 1.88. The maximum absolute atomic E-state index is 11.7. The first-order valence-corrected chi connectivity index (χ1v) is 5.90. The van der Waals surface area contributed by atoms with Crippen LogP contribution in [0.1, 0.15) is 31.7 Å². The standard InChI is InChI=1S/C11H17N5O/c1-2-3-4-7-16-9-8(5-6-13-9)10(17)14-11(16)15-12/h6H,2-5,7,12H2,1H3,(H,14,15,17).